The predicted octanol–water partition coefficient (Wildman–Crippen LogP) is 8.45. The number of rotatable bonds is 16. The fourth-order valence-corrected chi connectivity index (χ4v) is 6.24. The lowest BCUT2D eigenvalue weighted by atomic mass is 9.84. The first-order valence-electron chi connectivity index (χ1n) is 16.1. The molecule has 1 saturated heterocycles. The van der Waals surface area contributed by atoms with E-state index in [4.69, 9.17) is 5.10 Å². The van der Waals surface area contributed by atoms with E-state index in [0.29, 0.717) is 18.8 Å². The second-order valence-corrected chi connectivity index (χ2v) is 11.5. The summed E-state index contributed by atoms with van der Waals surface area (Å²) in [5, 5.41) is 5.89. The first-order chi connectivity index (χ1) is 18.9. The normalized spacial score (nSPS) is 16.9. The third kappa shape index (κ3) is 9.27. The van der Waals surface area contributed by atoms with Gasteiger partial charge in [-0.1, -0.05) is 79.4 Å². The molecule has 0 aliphatic carbocycles. The molecule has 1 aliphatic rings. The Hall–Kier alpha value is -2.01. The highest BCUT2D eigenvalue weighted by Crippen LogP contribution is 2.35. The van der Waals surface area contributed by atoms with E-state index < -0.39 is 0 Å². The molecule has 0 saturated carbocycles. The molecule has 2 aromatic rings. The molecule has 0 amide bonds. The van der Waals surface area contributed by atoms with Gasteiger partial charge in [0.25, 0.3) is 0 Å². The van der Waals surface area contributed by atoms with Gasteiger partial charge in [0.15, 0.2) is 0 Å². The Bertz CT molecular complexity index is 990. The fraction of sp³-hybridized carbons (Fsp3) is 0.735. The van der Waals surface area contributed by atoms with Gasteiger partial charge in [-0.05, 0) is 75.1 Å². The molecule has 5 heteroatoms. The van der Waals surface area contributed by atoms with Gasteiger partial charge in [0.1, 0.15) is 12.1 Å². The van der Waals surface area contributed by atoms with Crippen LogP contribution in [-0.4, -0.2) is 46.4 Å². The Morgan fingerprint density at radius 3 is 2.38 bits per heavy atom. The fourth-order valence-electron chi connectivity index (χ4n) is 6.24. The van der Waals surface area contributed by atoms with Gasteiger partial charge in [0, 0.05) is 31.3 Å². The summed E-state index contributed by atoms with van der Waals surface area (Å²) in [5.74, 6) is 1.30. The number of carbonyl (C=O) groups excluding carboxylic acids is 2. The van der Waals surface area contributed by atoms with Crippen LogP contribution in [0.3, 0.4) is 0 Å². The SMILES string of the molecule is CC.CCCCCC(CCC)CN1CCC(c2ccc3c(C(CCC=O)C(=O)C(C)CC)nn(C)c3c2)CC1. The van der Waals surface area contributed by atoms with Gasteiger partial charge in [-0.2, -0.15) is 5.10 Å². The molecule has 0 N–H and O–H groups in total. The number of benzene rings is 1. The maximum Gasteiger partial charge on any atom is 0.144 e. The van der Waals surface area contributed by atoms with Crippen molar-refractivity contribution in [2.45, 2.75) is 124 Å². The minimum Gasteiger partial charge on any atom is -0.303 e. The van der Waals surface area contributed by atoms with Crippen molar-refractivity contribution in [1.29, 1.82) is 0 Å². The molecule has 220 valence electrons. The highest BCUT2D eigenvalue weighted by atomic mass is 16.1. The summed E-state index contributed by atoms with van der Waals surface area (Å²) in [4.78, 5) is 27.0. The van der Waals surface area contributed by atoms with E-state index in [-0.39, 0.29) is 17.6 Å². The minimum atomic E-state index is -0.314. The summed E-state index contributed by atoms with van der Waals surface area (Å²) in [6, 6.07) is 6.76. The van der Waals surface area contributed by atoms with E-state index >= 15 is 0 Å². The minimum absolute atomic E-state index is 0.0262. The monoisotopic (exact) mass is 539 g/mol. The van der Waals surface area contributed by atoms with Gasteiger partial charge in [-0.3, -0.25) is 9.48 Å². The molecule has 1 aromatic heterocycles. The summed E-state index contributed by atoms with van der Waals surface area (Å²) in [6.45, 7) is 16.3. The quantitative estimate of drug-likeness (QED) is 0.159. The molecular weight excluding hydrogens is 482 g/mol. The van der Waals surface area contributed by atoms with Gasteiger partial charge in [-0.25, -0.2) is 0 Å². The zero-order valence-electron chi connectivity index (χ0n) is 26.2. The smallest absolute Gasteiger partial charge is 0.144 e. The van der Waals surface area contributed by atoms with Crippen molar-refractivity contribution < 1.29 is 9.59 Å². The van der Waals surface area contributed by atoms with Crippen LogP contribution in [0.2, 0.25) is 0 Å². The Labute approximate surface area is 239 Å². The van der Waals surface area contributed by atoms with Gasteiger partial charge in [0.05, 0.1) is 17.1 Å². The van der Waals surface area contributed by atoms with Crippen LogP contribution in [0.25, 0.3) is 10.9 Å². The molecule has 1 fully saturated rings. The maximum absolute atomic E-state index is 13.2. The second kappa shape index (κ2) is 17.6. The number of hydrogen-bond acceptors (Lipinski definition) is 4. The summed E-state index contributed by atoms with van der Waals surface area (Å²) in [6.07, 6.45) is 13.1. The molecule has 2 heterocycles. The number of unbranched alkanes of at least 4 members (excludes halogenated alkanes) is 2. The van der Waals surface area contributed by atoms with Crippen LogP contribution in [-0.2, 0) is 16.6 Å². The largest absolute Gasteiger partial charge is 0.303 e. The first kappa shape index (κ1) is 33.2. The number of hydrogen-bond donors (Lipinski definition) is 0. The Morgan fingerprint density at radius 2 is 1.77 bits per heavy atom. The number of likely N-dealkylation sites (tertiary alicyclic amines) is 1. The summed E-state index contributed by atoms with van der Waals surface area (Å²) in [7, 11) is 1.98. The number of aromatic nitrogens is 2. The summed E-state index contributed by atoms with van der Waals surface area (Å²) >= 11 is 0. The lowest BCUT2D eigenvalue weighted by molar-refractivity contribution is -0.124. The number of aryl methyl sites for hydroxylation is 1. The zero-order valence-corrected chi connectivity index (χ0v) is 26.2. The zero-order chi connectivity index (χ0) is 28.8. The number of nitrogens with zero attached hydrogens (tertiary/aromatic N) is 3. The molecule has 39 heavy (non-hydrogen) atoms. The van der Waals surface area contributed by atoms with Crippen molar-refractivity contribution in [3.63, 3.8) is 0 Å². The molecule has 1 aliphatic heterocycles. The highest BCUT2D eigenvalue weighted by Gasteiger charge is 2.29. The van der Waals surface area contributed by atoms with Crippen molar-refractivity contribution in [2.24, 2.45) is 18.9 Å². The van der Waals surface area contributed by atoms with Crippen molar-refractivity contribution in [2.75, 3.05) is 19.6 Å². The lowest BCUT2D eigenvalue weighted by Gasteiger charge is -2.34. The van der Waals surface area contributed by atoms with Gasteiger partial charge < -0.3 is 9.69 Å². The number of Topliss-reactive ketones (excluding diaryl/α,β-unsaturated/α-hetero) is 1. The molecule has 3 rings (SSSR count). The van der Waals surface area contributed by atoms with Crippen LogP contribution in [0.1, 0.15) is 135 Å². The first-order valence-corrected chi connectivity index (χ1v) is 16.1. The van der Waals surface area contributed by atoms with Crippen LogP contribution in [0, 0.1) is 11.8 Å². The van der Waals surface area contributed by atoms with Crippen molar-refractivity contribution in [1.82, 2.24) is 14.7 Å². The molecule has 0 bridgehead atoms. The van der Waals surface area contributed by atoms with Crippen LogP contribution < -0.4 is 0 Å². The van der Waals surface area contributed by atoms with Gasteiger partial charge >= 0.3 is 0 Å². The van der Waals surface area contributed by atoms with E-state index in [1.165, 1.54) is 76.6 Å². The molecule has 5 nitrogen and oxygen atoms in total. The van der Waals surface area contributed by atoms with Crippen LogP contribution >= 0.6 is 0 Å². The molecule has 0 radical (unpaired) electrons. The second-order valence-electron chi connectivity index (χ2n) is 11.5. The number of carbonyl (C=O) groups is 2. The Kier molecular flexibility index (Phi) is 15.0. The van der Waals surface area contributed by atoms with Gasteiger partial charge in [-0.15, -0.1) is 0 Å². The van der Waals surface area contributed by atoms with Gasteiger partial charge in [0.2, 0.25) is 0 Å². The number of ketones is 1. The van der Waals surface area contributed by atoms with E-state index in [9.17, 15) is 9.59 Å². The van der Waals surface area contributed by atoms with Crippen LogP contribution in [0.15, 0.2) is 18.2 Å². The average molecular weight is 540 g/mol. The summed E-state index contributed by atoms with van der Waals surface area (Å²) in [5.41, 5.74) is 3.34. The maximum atomic E-state index is 13.2. The summed E-state index contributed by atoms with van der Waals surface area (Å²) < 4.78 is 1.94. The van der Waals surface area contributed by atoms with Crippen LogP contribution in [0.5, 0.6) is 0 Å². The average Bonchev–Trinajstić information content (AvgIpc) is 3.29. The van der Waals surface area contributed by atoms with E-state index in [2.05, 4.69) is 36.9 Å². The van der Waals surface area contributed by atoms with E-state index in [1.54, 1.807) is 0 Å². The number of piperidine rings is 1. The Morgan fingerprint density at radius 1 is 1.05 bits per heavy atom. The highest BCUT2D eigenvalue weighted by molar-refractivity contribution is 5.93. The van der Waals surface area contributed by atoms with Crippen molar-refractivity contribution >= 4 is 23.0 Å². The number of aldehydes is 1. The molecule has 3 unspecified atom stereocenters. The Balaban J connectivity index is 0.00000260. The topological polar surface area (TPSA) is 55.2 Å². The molecule has 3 atom stereocenters. The predicted molar refractivity (Wildman–Crippen MR) is 166 cm³/mol. The molecule has 1 aromatic carbocycles. The van der Waals surface area contributed by atoms with E-state index in [0.717, 1.165) is 35.2 Å². The van der Waals surface area contributed by atoms with Crippen molar-refractivity contribution in [3.8, 4) is 0 Å². The lowest BCUT2D eigenvalue weighted by Crippen LogP contribution is -2.36. The number of fused-ring (bicyclic) bond motifs is 1. The standard InChI is InChI=1S/C32H51N3O2.C2H6/c1-6-9-10-13-25(12-7-2)23-35-19-17-26(18-20-35)27-15-16-28-30(22-27)34(5)33-31(28)29(14-11-21-36)32(37)24(4)8-3;1-2/h15-16,21-22,24-26,29H,6-14,17-20,23H2,1-5H3;1-2H3. The van der Waals surface area contributed by atoms with E-state index in [1.807, 2.05) is 39.4 Å². The van der Waals surface area contributed by atoms with Crippen LogP contribution in [0.4, 0.5) is 0 Å². The third-order valence-electron chi connectivity index (χ3n) is 8.74. The van der Waals surface area contributed by atoms with Crippen molar-refractivity contribution in [3.05, 3.63) is 29.5 Å². The molecule has 0 spiro atoms. The third-order valence-corrected chi connectivity index (χ3v) is 8.74. The molecular formula is C34H57N3O2.